The highest BCUT2D eigenvalue weighted by Gasteiger charge is 2.36. The zero-order valence-electron chi connectivity index (χ0n) is 12.7. The summed E-state index contributed by atoms with van der Waals surface area (Å²) in [6, 6.07) is 1.51. The van der Waals surface area contributed by atoms with Crippen LogP contribution in [-0.2, 0) is 4.79 Å². The highest BCUT2D eigenvalue weighted by Crippen LogP contribution is 2.23. The summed E-state index contributed by atoms with van der Waals surface area (Å²) >= 11 is 0. The average Bonchev–Trinajstić information content (AvgIpc) is 3.03. The number of aromatic nitrogens is 2. The second kappa shape index (κ2) is 6.85. The summed E-state index contributed by atoms with van der Waals surface area (Å²) in [4.78, 5) is 23.0. The van der Waals surface area contributed by atoms with Crippen molar-refractivity contribution in [3.05, 3.63) is 18.5 Å². The van der Waals surface area contributed by atoms with Crippen molar-refractivity contribution in [2.24, 2.45) is 0 Å². The van der Waals surface area contributed by atoms with Gasteiger partial charge in [0.15, 0.2) is 0 Å². The van der Waals surface area contributed by atoms with Crippen molar-refractivity contribution < 1.29 is 9.90 Å². The summed E-state index contributed by atoms with van der Waals surface area (Å²) in [5, 5.41) is 12.6. The van der Waals surface area contributed by atoms with E-state index >= 15 is 0 Å². The molecule has 0 aliphatic carbocycles. The van der Waals surface area contributed by atoms with Gasteiger partial charge >= 0.3 is 0 Å². The molecule has 1 fully saturated rings. The molecule has 0 aromatic carbocycles. The van der Waals surface area contributed by atoms with E-state index in [2.05, 4.69) is 15.3 Å². The molecule has 2 heterocycles. The van der Waals surface area contributed by atoms with E-state index in [0.717, 1.165) is 19.4 Å². The van der Waals surface area contributed by atoms with Crippen molar-refractivity contribution in [3.63, 3.8) is 0 Å². The summed E-state index contributed by atoms with van der Waals surface area (Å²) in [6.07, 6.45) is 6.53. The van der Waals surface area contributed by atoms with Gasteiger partial charge in [-0.1, -0.05) is 13.8 Å². The molecule has 21 heavy (non-hydrogen) atoms. The van der Waals surface area contributed by atoms with Crippen molar-refractivity contribution in [3.8, 4) is 0 Å². The standard InChI is InChI=1S/C15H24N4O2/c1-3-15(4-2,11-20)18-13(21)12-7-5-10-19(12)14-16-8-6-9-17-14/h6,8-9,12,20H,3-5,7,10-11H2,1-2H3,(H,18,21). The van der Waals surface area contributed by atoms with Crippen LogP contribution in [0.5, 0.6) is 0 Å². The van der Waals surface area contributed by atoms with Gasteiger partial charge in [-0.2, -0.15) is 0 Å². The average molecular weight is 292 g/mol. The quantitative estimate of drug-likeness (QED) is 0.821. The van der Waals surface area contributed by atoms with Gasteiger partial charge in [-0.25, -0.2) is 9.97 Å². The highest BCUT2D eigenvalue weighted by molar-refractivity contribution is 5.86. The van der Waals surface area contributed by atoms with Crippen LogP contribution in [0.3, 0.4) is 0 Å². The Bertz CT molecular complexity index is 454. The lowest BCUT2D eigenvalue weighted by Gasteiger charge is -2.33. The molecule has 116 valence electrons. The van der Waals surface area contributed by atoms with Gasteiger partial charge in [0.05, 0.1) is 12.1 Å². The number of hydrogen-bond donors (Lipinski definition) is 2. The van der Waals surface area contributed by atoms with Gasteiger partial charge < -0.3 is 15.3 Å². The third kappa shape index (κ3) is 3.32. The Kier molecular flexibility index (Phi) is 5.12. The number of aliphatic hydroxyl groups excluding tert-OH is 1. The third-order valence-electron chi connectivity index (χ3n) is 4.41. The van der Waals surface area contributed by atoms with E-state index in [1.165, 1.54) is 0 Å². The van der Waals surface area contributed by atoms with E-state index in [-0.39, 0.29) is 18.6 Å². The van der Waals surface area contributed by atoms with Crippen LogP contribution >= 0.6 is 0 Å². The number of anilines is 1. The minimum Gasteiger partial charge on any atom is -0.394 e. The monoisotopic (exact) mass is 292 g/mol. The second-order valence-corrected chi connectivity index (χ2v) is 5.54. The van der Waals surface area contributed by atoms with Crippen molar-refractivity contribution in [1.29, 1.82) is 0 Å². The number of carbonyl (C=O) groups is 1. The van der Waals surface area contributed by atoms with Gasteiger partial charge in [-0.15, -0.1) is 0 Å². The summed E-state index contributed by atoms with van der Waals surface area (Å²) in [6.45, 7) is 4.70. The van der Waals surface area contributed by atoms with E-state index in [1.54, 1.807) is 18.5 Å². The van der Waals surface area contributed by atoms with Gasteiger partial charge in [0, 0.05) is 18.9 Å². The molecule has 1 atom stereocenters. The number of carbonyl (C=O) groups excluding carboxylic acids is 1. The number of hydrogen-bond acceptors (Lipinski definition) is 5. The Morgan fingerprint density at radius 2 is 2.10 bits per heavy atom. The molecule has 0 spiro atoms. The minimum absolute atomic E-state index is 0.0414. The van der Waals surface area contributed by atoms with Gasteiger partial charge in [-0.05, 0) is 31.7 Å². The Labute approximate surface area is 125 Å². The van der Waals surface area contributed by atoms with Crippen LogP contribution in [0.1, 0.15) is 39.5 Å². The first-order chi connectivity index (χ1) is 10.2. The Balaban J connectivity index is 2.11. The van der Waals surface area contributed by atoms with Gasteiger partial charge in [0.2, 0.25) is 11.9 Å². The number of aliphatic hydroxyl groups is 1. The summed E-state index contributed by atoms with van der Waals surface area (Å²) in [5.41, 5.74) is -0.525. The number of nitrogens with zero attached hydrogens (tertiary/aromatic N) is 3. The van der Waals surface area contributed by atoms with Crippen LogP contribution in [0.25, 0.3) is 0 Å². The van der Waals surface area contributed by atoms with Crippen LogP contribution in [-0.4, -0.2) is 45.7 Å². The summed E-state index contributed by atoms with van der Waals surface area (Å²) < 4.78 is 0. The first-order valence-electron chi connectivity index (χ1n) is 7.62. The lowest BCUT2D eigenvalue weighted by molar-refractivity contribution is -0.125. The molecule has 1 amide bonds. The maximum Gasteiger partial charge on any atom is 0.243 e. The normalized spacial score (nSPS) is 18.8. The molecule has 1 aromatic heterocycles. The summed E-state index contributed by atoms with van der Waals surface area (Å²) in [7, 11) is 0. The molecular weight excluding hydrogens is 268 g/mol. The van der Waals surface area contributed by atoms with E-state index < -0.39 is 5.54 Å². The Morgan fingerprint density at radius 1 is 1.43 bits per heavy atom. The Morgan fingerprint density at radius 3 is 2.67 bits per heavy atom. The second-order valence-electron chi connectivity index (χ2n) is 5.54. The first-order valence-corrected chi connectivity index (χ1v) is 7.62. The molecular formula is C15H24N4O2. The zero-order valence-corrected chi connectivity index (χ0v) is 12.7. The predicted molar refractivity (Wildman–Crippen MR) is 80.9 cm³/mol. The maximum absolute atomic E-state index is 12.6. The van der Waals surface area contributed by atoms with Gasteiger partial charge in [-0.3, -0.25) is 4.79 Å². The molecule has 2 N–H and O–H groups in total. The topological polar surface area (TPSA) is 78.4 Å². The molecule has 6 heteroatoms. The fourth-order valence-electron chi connectivity index (χ4n) is 2.75. The summed E-state index contributed by atoms with van der Waals surface area (Å²) in [5.74, 6) is 0.551. The van der Waals surface area contributed by atoms with Crippen LogP contribution < -0.4 is 10.2 Å². The lowest BCUT2D eigenvalue weighted by Crippen LogP contribution is -2.56. The van der Waals surface area contributed by atoms with Crippen molar-refractivity contribution in [1.82, 2.24) is 15.3 Å². The Hall–Kier alpha value is -1.69. The number of nitrogens with one attached hydrogen (secondary N) is 1. The number of amides is 1. The fraction of sp³-hybridized carbons (Fsp3) is 0.667. The molecule has 6 nitrogen and oxygen atoms in total. The molecule has 1 aliphatic rings. The first kappa shape index (κ1) is 15.7. The van der Waals surface area contributed by atoms with E-state index in [1.807, 2.05) is 18.7 Å². The fourth-order valence-corrected chi connectivity index (χ4v) is 2.75. The highest BCUT2D eigenvalue weighted by atomic mass is 16.3. The molecule has 1 unspecified atom stereocenters. The SMILES string of the molecule is CCC(CC)(CO)NC(=O)C1CCCN1c1ncccn1. The lowest BCUT2D eigenvalue weighted by atomic mass is 9.93. The molecule has 1 aromatic rings. The molecule has 0 saturated carbocycles. The van der Waals surface area contributed by atoms with Crippen molar-refractivity contribution in [2.45, 2.75) is 51.1 Å². The maximum atomic E-state index is 12.6. The largest absolute Gasteiger partial charge is 0.394 e. The molecule has 0 bridgehead atoms. The van der Waals surface area contributed by atoms with Crippen LogP contribution in [0, 0.1) is 0 Å². The van der Waals surface area contributed by atoms with Crippen molar-refractivity contribution >= 4 is 11.9 Å². The zero-order chi connectivity index (χ0) is 15.3. The smallest absolute Gasteiger partial charge is 0.243 e. The van der Waals surface area contributed by atoms with Crippen molar-refractivity contribution in [2.75, 3.05) is 18.1 Å². The van der Waals surface area contributed by atoms with Crippen LogP contribution in [0.15, 0.2) is 18.5 Å². The van der Waals surface area contributed by atoms with E-state index in [4.69, 9.17) is 0 Å². The van der Waals surface area contributed by atoms with Crippen LogP contribution in [0.2, 0.25) is 0 Å². The van der Waals surface area contributed by atoms with Crippen LogP contribution in [0.4, 0.5) is 5.95 Å². The number of rotatable bonds is 6. The van der Waals surface area contributed by atoms with Gasteiger partial charge in [0.1, 0.15) is 6.04 Å². The predicted octanol–water partition coefficient (Wildman–Crippen LogP) is 1.11. The third-order valence-corrected chi connectivity index (χ3v) is 4.41. The van der Waals surface area contributed by atoms with E-state index in [0.29, 0.717) is 18.8 Å². The molecule has 0 radical (unpaired) electrons. The molecule has 1 saturated heterocycles. The molecule has 1 aliphatic heterocycles. The van der Waals surface area contributed by atoms with Gasteiger partial charge in [0.25, 0.3) is 0 Å². The minimum atomic E-state index is -0.525. The molecule has 2 rings (SSSR count). The van der Waals surface area contributed by atoms with E-state index in [9.17, 15) is 9.90 Å².